The highest BCUT2D eigenvalue weighted by molar-refractivity contribution is 9.10. The lowest BCUT2D eigenvalue weighted by Crippen LogP contribution is -2.24. The van der Waals surface area contributed by atoms with E-state index in [-0.39, 0.29) is 5.56 Å². The van der Waals surface area contributed by atoms with Crippen LogP contribution < -0.4 is 10.3 Å². The number of ether oxygens (including phenoxy) is 1. The minimum atomic E-state index is -0.146. The fourth-order valence-electron chi connectivity index (χ4n) is 2.11. The number of halogens is 1. The van der Waals surface area contributed by atoms with E-state index in [9.17, 15) is 4.79 Å². The molecule has 5 nitrogen and oxygen atoms in total. The van der Waals surface area contributed by atoms with Crippen molar-refractivity contribution >= 4 is 26.8 Å². The zero-order chi connectivity index (χ0) is 14.8. The topological polar surface area (TPSA) is 57.0 Å². The Hall–Kier alpha value is -2.21. The highest BCUT2D eigenvalue weighted by Crippen LogP contribution is 2.25. The Balaban J connectivity index is 2.00. The maximum absolute atomic E-state index is 12.4. The van der Waals surface area contributed by atoms with Gasteiger partial charge in [-0.05, 0) is 45.8 Å². The van der Waals surface area contributed by atoms with Gasteiger partial charge < -0.3 is 4.74 Å². The first-order valence-corrected chi connectivity index (χ1v) is 7.13. The van der Waals surface area contributed by atoms with Gasteiger partial charge in [0.25, 0.3) is 5.56 Å². The van der Waals surface area contributed by atoms with Crippen molar-refractivity contribution in [3.8, 4) is 5.75 Å². The average molecular weight is 346 g/mol. The molecule has 3 aromatic rings. The molecule has 0 fully saturated rings. The SMILES string of the molecule is COc1ccc(Cn2nnc3ccccc3c2=O)cc1Br. The molecule has 0 saturated heterocycles. The van der Waals surface area contributed by atoms with E-state index in [1.165, 1.54) is 4.68 Å². The molecule has 3 rings (SSSR count). The zero-order valence-corrected chi connectivity index (χ0v) is 12.9. The fourth-order valence-corrected chi connectivity index (χ4v) is 2.70. The van der Waals surface area contributed by atoms with Crippen molar-refractivity contribution in [2.24, 2.45) is 0 Å². The summed E-state index contributed by atoms with van der Waals surface area (Å²) < 4.78 is 7.38. The predicted molar refractivity (Wildman–Crippen MR) is 83.6 cm³/mol. The minimum absolute atomic E-state index is 0.146. The van der Waals surface area contributed by atoms with Crippen molar-refractivity contribution in [2.45, 2.75) is 6.54 Å². The quantitative estimate of drug-likeness (QED) is 0.732. The second kappa shape index (κ2) is 5.65. The second-order valence-electron chi connectivity index (χ2n) is 4.54. The number of hydrogen-bond acceptors (Lipinski definition) is 4. The molecule has 2 aromatic carbocycles. The molecule has 0 aliphatic rings. The Labute approximate surface area is 129 Å². The Bertz CT molecular complexity index is 861. The van der Waals surface area contributed by atoms with Crippen LogP contribution in [-0.4, -0.2) is 22.1 Å². The van der Waals surface area contributed by atoms with Gasteiger partial charge in [0.15, 0.2) is 0 Å². The largest absolute Gasteiger partial charge is 0.496 e. The van der Waals surface area contributed by atoms with Crippen LogP contribution in [0.3, 0.4) is 0 Å². The maximum Gasteiger partial charge on any atom is 0.277 e. The molecule has 0 radical (unpaired) electrons. The zero-order valence-electron chi connectivity index (χ0n) is 11.3. The normalized spacial score (nSPS) is 10.8. The highest BCUT2D eigenvalue weighted by atomic mass is 79.9. The predicted octanol–water partition coefficient (Wildman–Crippen LogP) is 2.61. The van der Waals surface area contributed by atoms with Crippen molar-refractivity contribution in [1.29, 1.82) is 0 Å². The standard InChI is InChI=1S/C15H12BrN3O2/c1-21-14-7-6-10(8-12(14)16)9-19-15(20)11-4-2-3-5-13(11)17-18-19/h2-8H,9H2,1H3. The summed E-state index contributed by atoms with van der Waals surface area (Å²) in [6.45, 7) is 0.360. The smallest absolute Gasteiger partial charge is 0.277 e. The van der Waals surface area contributed by atoms with E-state index < -0.39 is 0 Å². The molecule has 0 saturated carbocycles. The first kappa shape index (κ1) is 13.8. The number of benzene rings is 2. The van der Waals surface area contributed by atoms with E-state index in [0.29, 0.717) is 17.4 Å². The molecular weight excluding hydrogens is 334 g/mol. The summed E-state index contributed by atoms with van der Waals surface area (Å²) in [6.07, 6.45) is 0. The van der Waals surface area contributed by atoms with Crippen LogP contribution in [0.4, 0.5) is 0 Å². The van der Waals surface area contributed by atoms with Crippen LogP contribution in [0.25, 0.3) is 10.9 Å². The van der Waals surface area contributed by atoms with Gasteiger partial charge in [-0.2, -0.15) is 0 Å². The van der Waals surface area contributed by atoms with Crippen LogP contribution in [0.2, 0.25) is 0 Å². The number of hydrogen-bond donors (Lipinski definition) is 0. The van der Waals surface area contributed by atoms with Crippen LogP contribution in [0.1, 0.15) is 5.56 Å². The highest BCUT2D eigenvalue weighted by Gasteiger charge is 2.07. The number of rotatable bonds is 3. The molecule has 0 N–H and O–H groups in total. The summed E-state index contributed by atoms with van der Waals surface area (Å²) in [5.74, 6) is 0.746. The van der Waals surface area contributed by atoms with Crippen LogP contribution in [0.5, 0.6) is 5.75 Å². The first-order valence-electron chi connectivity index (χ1n) is 6.34. The van der Waals surface area contributed by atoms with E-state index in [1.54, 1.807) is 19.2 Å². The fraction of sp³-hybridized carbons (Fsp3) is 0.133. The van der Waals surface area contributed by atoms with Gasteiger partial charge in [0.2, 0.25) is 0 Å². The van der Waals surface area contributed by atoms with Gasteiger partial charge in [0.05, 0.1) is 23.5 Å². The maximum atomic E-state index is 12.4. The molecule has 1 heterocycles. The van der Waals surface area contributed by atoms with Crippen molar-refractivity contribution in [2.75, 3.05) is 7.11 Å². The molecule has 0 aliphatic heterocycles. The van der Waals surface area contributed by atoms with Gasteiger partial charge >= 0.3 is 0 Å². The molecule has 6 heteroatoms. The third-order valence-electron chi connectivity index (χ3n) is 3.18. The molecular formula is C15H12BrN3O2. The third kappa shape index (κ3) is 2.67. The van der Waals surface area contributed by atoms with Crippen molar-refractivity contribution in [3.05, 3.63) is 62.9 Å². The number of methoxy groups -OCH3 is 1. The summed E-state index contributed by atoms with van der Waals surface area (Å²) >= 11 is 3.43. The molecule has 0 spiro atoms. The van der Waals surface area contributed by atoms with Gasteiger partial charge in [-0.25, -0.2) is 4.68 Å². The molecule has 0 unspecified atom stereocenters. The minimum Gasteiger partial charge on any atom is -0.496 e. The summed E-state index contributed by atoms with van der Waals surface area (Å²) in [5.41, 5.74) is 1.40. The van der Waals surface area contributed by atoms with E-state index in [2.05, 4.69) is 26.2 Å². The lowest BCUT2D eigenvalue weighted by Gasteiger charge is -2.07. The van der Waals surface area contributed by atoms with E-state index in [4.69, 9.17) is 4.74 Å². The average Bonchev–Trinajstić information content (AvgIpc) is 2.51. The molecule has 0 amide bonds. The molecule has 1 aromatic heterocycles. The van der Waals surface area contributed by atoms with Gasteiger partial charge in [-0.1, -0.05) is 23.4 Å². The lowest BCUT2D eigenvalue weighted by molar-refractivity contribution is 0.412. The Kier molecular flexibility index (Phi) is 3.70. The molecule has 106 valence electrons. The number of fused-ring (bicyclic) bond motifs is 1. The van der Waals surface area contributed by atoms with E-state index in [1.807, 2.05) is 30.3 Å². The van der Waals surface area contributed by atoms with Crippen molar-refractivity contribution in [3.63, 3.8) is 0 Å². The van der Waals surface area contributed by atoms with Gasteiger partial charge in [-0.15, -0.1) is 5.10 Å². The number of aromatic nitrogens is 3. The van der Waals surface area contributed by atoms with Crippen molar-refractivity contribution < 1.29 is 4.74 Å². The summed E-state index contributed by atoms with van der Waals surface area (Å²) in [6, 6.07) is 12.8. The van der Waals surface area contributed by atoms with Crippen LogP contribution >= 0.6 is 15.9 Å². The first-order chi connectivity index (χ1) is 10.2. The number of nitrogens with zero attached hydrogens (tertiary/aromatic N) is 3. The molecule has 21 heavy (non-hydrogen) atoms. The van der Waals surface area contributed by atoms with E-state index in [0.717, 1.165) is 15.8 Å². The van der Waals surface area contributed by atoms with Gasteiger partial charge in [-0.3, -0.25) is 4.79 Å². The molecule has 0 bridgehead atoms. The van der Waals surface area contributed by atoms with E-state index >= 15 is 0 Å². The summed E-state index contributed by atoms with van der Waals surface area (Å²) in [7, 11) is 1.61. The van der Waals surface area contributed by atoms with Crippen LogP contribution in [-0.2, 0) is 6.54 Å². The lowest BCUT2D eigenvalue weighted by atomic mass is 10.2. The molecule has 0 aliphatic carbocycles. The Morgan fingerprint density at radius 2 is 2.05 bits per heavy atom. The van der Waals surface area contributed by atoms with Crippen LogP contribution in [0, 0.1) is 0 Å². The monoisotopic (exact) mass is 345 g/mol. The summed E-state index contributed by atoms with van der Waals surface area (Å²) in [4.78, 5) is 12.4. The third-order valence-corrected chi connectivity index (χ3v) is 3.80. The van der Waals surface area contributed by atoms with Gasteiger partial charge in [0.1, 0.15) is 11.3 Å². The molecule has 0 atom stereocenters. The van der Waals surface area contributed by atoms with Crippen LogP contribution in [0.15, 0.2) is 51.7 Å². The van der Waals surface area contributed by atoms with Gasteiger partial charge in [0, 0.05) is 0 Å². The van der Waals surface area contributed by atoms with Crippen molar-refractivity contribution in [1.82, 2.24) is 15.0 Å². The second-order valence-corrected chi connectivity index (χ2v) is 5.39. The summed E-state index contributed by atoms with van der Waals surface area (Å²) in [5, 5.41) is 8.62. The Morgan fingerprint density at radius 1 is 1.24 bits per heavy atom. The Morgan fingerprint density at radius 3 is 2.81 bits per heavy atom.